The van der Waals surface area contributed by atoms with Gasteiger partial charge in [0, 0.05) is 31.2 Å². The molecule has 1 unspecified atom stereocenters. The van der Waals surface area contributed by atoms with E-state index in [0.717, 1.165) is 43.9 Å². The highest BCUT2D eigenvalue weighted by Crippen LogP contribution is 2.25. The lowest BCUT2D eigenvalue weighted by Crippen LogP contribution is -2.37. The van der Waals surface area contributed by atoms with Crippen LogP contribution < -0.4 is 10.5 Å². The summed E-state index contributed by atoms with van der Waals surface area (Å²) in [5.74, 6) is 0.886. The number of hydrogen-bond acceptors (Lipinski definition) is 4. The zero-order valence-corrected chi connectivity index (χ0v) is 14.2. The van der Waals surface area contributed by atoms with Crippen LogP contribution in [0.5, 0.6) is 5.75 Å². The van der Waals surface area contributed by atoms with Crippen molar-refractivity contribution < 1.29 is 4.74 Å². The third-order valence-electron chi connectivity index (χ3n) is 3.64. The fourth-order valence-corrected chi connectivity index (χ4v) is 2.47. The van der Waals surface area contributed by atoms with E-state index in [-0.39, 0.29) is 6.04 Å². The van der Waals surface area contributed by atoms with Crippen LogP contribution in [0.2, 0.25) is 0 Å². The second-order valence-corrected chi connectivity index (χ2v) is 5.96. The molecule has 0 saturated heterocycles. The lowest BCUT2D eigenvalue weighted by Gasteiger charge is -2.27. The number of hydrogen-bond donors (Lipinski definition) is 1. The van der Waals surface area contributed by atoms with Gasteiger partial charge in [0.1, 0.15) is 5.75 Å². The highest BCUT2D eigenvalue weighted by molar-refractivity contribution is 5.39. The molecule has 0 spiro atoms. The van der Waals surface area contributed by atoms with Crippen molar-refractivity contribution in [2.24, 2.45) is 5.73 Å². The number of benzene rings is 1. The molecule has 4 heteroatoms. The maximum Gasteiger partial charge on any atom is 0.123 e. The third-order valence-corrected chi connectivity index (χ3v) is 3.64. The van der Waals surface area contributed by atoms with Crippen LogP contribution in [-0.2, 0) is 0 Å². The van der Waals surface area contributed by atoms with Gasteiger partial charge >= 0.3 is 0 Å². The number of ether oxygens (including phenoxy) is 1. The minimum atomic E-state index is -0.0198. The van der Waals surface area contributed by atoms with E-state index in [1.54, 1.807) is 7.11 Å². The van der Waals surface area contributed by atoms with E-state index < -0.39 is 0 Å². The predicted molar refractivity (Wildman–Crippen MR) is 89.9 cm³/mol. The van der Waals surface area contributed by atoms with Crippen LogP contribution in [-0.4, -0.2) is 57.2 Å². The van der Waals surface area contributed by atoms with Crippen molar-refractivity contribution in [2.75, 3.05) is 47.4 Å². The molecular weight excluding hydrogens is 262 g/mol. The summed E-state index contributed by atoms with van der Waals surface area (Å²) in [6.45, 7) is 8.34. The van der Waals surface area contributed by atoms with Crippen LogP contribution >= 0.6 is 0 Å². The highest BCUT2D eigenvalue weighted by Gasteiger charge is 2.16. The van der Waals surface area contributed by atoms with Crippen LogP contribution in [0, 0.1) is 6.92 Å². The smallest absolute Gasteiger partial charge is 0.123 e. The largest absolute Gasteiger partial charge is 0.496 e. The lowest BCUT2D eigenvalue weighted by atomic mass is 10.0. The fraction of sp³-hybridized carbons (Fsp3) is 0.647. The zero-order valence-electron chi connectivity index (χ0n) is 14.2. The monoisotopic (exact) mass is 293 g/mol. The van der Waals surface area contributed by atoms with Crippen molar-refractivity contribution in [3.05, 3.63) is 29.3 Å². The Hall–Kier alpha value is -1.10. The third kappa shape index (κ3) is 6.04. The molecule has 0 aliphatic rings. The maximum atomic E-state index is 6.44. The Balaban J connectivity index is 2.76. The van der Waals surface area contributed by atoms with E-state index in [0.29, 0.717) is 0 Å². The second-order valence-electron chi connectivity index (χ2n) is 5.96. The van der Waals surface area contributed by atoms with Crippen LogP contribution in [0.25, 0.3) is 0 Å². The Morgan fingerprint density at radius 1 is 1.19 bits per heavy atom. The summed E-state index contributed by atoms with van der Waals surface area (Å²) < 4.78 is 5.45. The molecule has 0 amide bonds. The van der Waals surface area contributed by atoms with E-state index in [9.17, 15) is 0 Å². The molecule has 120 valence electrons. The van der Waals surface area contributed by atoms with Gasteiger partial charge in [0.15, 0.2) is 0 Å². The normalized spacial score (nSPS) is 13.0. The number of nitrogens with two attached hydrogens (primary N) is 1. The fourth-order valence-electron chi connectivity index (χ4n) is 2.47. The Morgan fingerprint density at radius 3 is 2.48 bits per heavy atom. The Morgan fingerprint density at radius 2 is 1.90 bits per heavy atom. The molecule has 0 aliphatic heterocycles. The number of aryl methyl sites for hydroxylation is 1. The first-order chi connectivity index (χ1) is 9.97. The molecule has 0 aromatic heterocycles. The first-order valence-corrected chi connectivity index (χ1v) is 7.75. The van der Waals surface area contributed by atoms with E-state index in [1.165, 1.54) is 5.56 Å². The van der Waals surface area contributed by atoms with Gasteiger partial charge in [-0.15, -0.1) is 0 Å². The molecule has 0 aliphatic carbocycles. The summed E-state index contributed by atoms with van der Waals surface area (Å²) in [4.78, 5) is 4.65. The van der Waals surface area contributed by atoms with Crippen LogP contribution in [0.4, 0.5) is 0 Å². The molecule has 1 aromatic rings. The molecular formula is C17H31N3O. The van der Waals surface area contributed by atoms with Gasteiger partial charge in [-0.3, -0.25) is 0 Å². The average Bonchev–Trinajstić information content (AvgIpc) is 2.44. The summed E-state index contributed by atoms with van der Waals surface area (Å²) in [6.07, 6.45) is 1.14. The van der Waals surface area contributed by atoms with Gasteiger partial charge in [0.05, 0.1) is 7.11 Å². The standard InChI is InChI=1S/C17H31N3O/c1-6-9-20(11-10-19(3)4)13-16(18)15-12-14(2)7-8-17(15)21-5/h7-8,12,16H,6,9-11,13,18H2,1-5H3. The van der Waals surface area contributed by atoms with Gasteiger partial charge in [-0.1, -0.05) is 24.6 Å². The van der Waals surface area contributed by atoms with E-state index in [2.05, 4.69) is 49.9 Å². The minimum Gasteiger partial charge on any atom is -0.496 e. The first kappa shape index (κ1) is 18.0. The Labute approximate surface area is 129 Å². The zero-order chi connectivity index (χ0) is 15.8. The molecule has 4 nitrogen and oxygen atoms in total. The van der Waals surface area contributed by atoms with Crippen molar-refractivity contribution in [1.29, 1.82) is 0 Å². The second kappa shape index (κ2) is 9.03. The molecule has 2 N–H and O–H groups in total. The molecule has 1 atom stereocenters. The maximum absolute atomic E-state index is 6.44. The topological polar surface area (TPSA) is 41.7 Å². The number of likely N-dealkylation sites (N-methyl/N-ethyl adjacent to an activating group) is 1. The average molecular weight is 293 g/mol. The van der Waals surface area contributed by atoms with E-state index in [1.807, 2.05) is 6.07 Å². The van der Waals surface area contributed by atoms with E-state index >= 15 is 0 Å². The summed E-state index contributed by atoms with van der Waals surface area (Å²) >= 11 is 0. The molecule has 0 bridgehead atoms. The first-order valence-electron chi connectivity index (χ1n) is 7.75. The Kier molecular flexibility index (Phi) is 7.72. The molecule has 21 heavy (non-hydrogen) atoms. The number of rotatable bonds is 9. The molecule has 0 heterocycles. The molecule has 0 radical (unpaired) electrons. The molecule has 0 saturated carbocycles. The number of nitrogens with zero attached hydrogens (tertiary/aromatic N) is 2. The SMILES string of the molecule is CCCN(CCN(C)C)CC(N)c1cc(C)ccc1OC. The van der Waals surface area contributed by atoms with Gasteiger partial charge in [-0.2, -0.15) is 0 Å². The molecule has 0 fully saturated rings. The van der Waals surface area contributed by atoms with Crippen LogP contribution in [0.15, 0.2) is 18.2 Å². The highest BCUT2D eigenvalue weighted by atomic mass is 16.5. The summed E-state index contributed by atoms with van der Waals surface area (Å²) in [7, 11) is 5.91. The molecule has 1 aromatic carbocycles. The van der Waals surface area contributed by atoms with Crippen molar-refractivity contribution in [1.82, 2.24) is 9.80 Å². The minimum absolute atomic E-state index is 0.0198. The van der Waals surface area contributed by atoms with Crippen molar-refractivity contribution >= 4 is 0 Å². The quantitative estimate of drug-likeness (QED) is 0.758. The van der Waals surface area contributed by atoms with Gasteiger partial charge < -0.3 is 20.3 Å². The summed E-state index contributed by atoms with van der Waals surface area (Å²) in [5.41, 5.74) is 8.76. The molecule has 1 rings (SSSR count). The van der Waals surface area contributed by atoms with Crippen LogP contribution in [0.1, 0.15) is 30.5 Å². The number of methoxy groups -OCH3 is 1. The van der Waals surface area contributed by atoms with Crippen molar-refractivity contribution in [3.8, 4) is 5.75 Å². The predicted octanol–water partition coefficient (Wildman–Crippen LogP) is 2.28. The van der Waals surface area contributed by atoms with Crippen LogP contribution in [0.3, 0.4) is 0 Å². The summed E-state index contributed by atoms with van der Waals surface area (Å²) in [5, 5.41) is 0. The Bertz CT molecular complexity index is 420. The van der Waals surface area contributed by atoms with E-state index in [4.69, 9.17) is 10.5 Å². The summed E-state index contributed by atoms with van der Waals surface area (Å²) in [6, 6.07) is 6.19. The van der Waals surface area contributed by atoms with Gasteiger partial charge in [0.2, 0.25) is 0 Å². The van der Waals surface area contributed by atoms with Gasteiger partial charge in [-0.25, -0.2) is 0 Å². The lowest BCUT2D eigenvalue weighted by molar-refractivity contribution is 0.228. The van der Waals surface area contributed by atoms with Crippen molar-refractivity contribution in [3.63, 3.8) is 0 Å². The van der Waals surface area contributed by atoms with Gasteiger partial charge in [-0.05, 0) is 40.1 Å². The van der Waals surface area contributed by atoms with Gasteiger partial charge in [0.25, 0.3) is 0 Å². The van der Waals surface area contributed by atoms with Crippen molar-refractivity contribution in [2.45, 2.75) is 26.3 Å².